The Labute approximate surface area is 116 Å². The standard InChI is InChI=1S/C14H16N2O4/c1-9-15-7-11(14(17)18)16(9)8-10-4-5-12(19-2)13(6-10)20-3/h4-7H,8H2,1-3H3,(H,17,18). The number of rotatable bonds is 5. The number of nitrogens with zero attached hydrogens (tertiary/aromatic N) is 2. The van der Waals surface area contributed by atoms with Gasteiger partial charge in [-0.05, 0) is 24.6 Å². The Kier molecular flexibility index (Phi) is 3.93. The zero-order valence-corrected chi connectivity index (χ0v) is 11.6. The molecule has 0 saturated carbocycles. The van der Waals surface area contributed by atoms with Crippen LogP contribution < -0.4 is 9.47 Å². The van der Waals surface area contributed by atoms with Crippen LogP contribution in [0, 0.1) is 6.92 Å². The Morgan fingerprint density at radius 1 is 1.30 bits per heavy atom. The Bertz CT molecular complexity index is 634. The molecule has 0 fully saturated rings. The van der Waals surface area contributed by atoms with Gasteiger partial charge >= 0.3 is 5.97 Å². The first-order chi connectivity index (χ1) is 9.56. The highest BCUT2D eigenvalue weighted by Crippen LogP contribution is 2.28. The lowest BCUT2D eigenvalue weighted by atomic mass is 10.2. The van der Waals surface area contributed by atoms with Gasteiger partial charge in [0, 0.05) is 6.54 Å². The Hall–Kier alpha value is -2.50. The highest BCUT2D eigenvalue weighted by molar-refractivity contribution is 5.85. The molecular weight excluding hydrogens is 260 g/mol. The molecule has 0 aliphatic carbocycles. The molecule has 1 N–H and O–H groups in total. The summed E-state index contributed by atoms with van der Waals surface area (Å²) >= 11 is 0. The number of aryl methyl sites for hydroxylation is 1. The number of carboxylic acid groups (broad SMARTS) is 1. The zero-order chi connectivity index (χ0) is 14.7. The zero-order valence-electron chi connectivity index (χ0n) is 11.6. The van der Waals surface area contributed by atoms with Crippen LogP contribution in [0.3, 0.4) is 0 Å². The molecule has 6 heteroatoms. The van der Waals surface area contributed by atoms with E-state index in [-0.39, 0.29) is 5.69 Å². The van der Waals surface area contributed by atoms with E-state index in [2.05, 4.69) is 4.98 Å². The minimum absolute atomic E-state index is 0.164. The van der Waals surface area contributed by atoms with E-state index in [9.17, 15) is 4.79 Å². The molecule has 0 aliphatic rings. The number of carbonyl (C=O) groups is 1. The Balaban J connectivity index is 2.35. The molecule has 0 amide bonds. The van der Waals surface area contributed by atoms with Crippen molar-refractivity contribution < 1.29 is 19.4 Å². The number of carboxylic acids is 1. The molecule has 0 radical (unpaired) electrons. The average Bonchev–Trinajstić information content (AvgIpc) is 2.80. The highest BCUT2D eigenvalue weighted by atomic mass is 16.5. The summed E-state index contributed by atoms with van der Waals surface area (Å²) in [7, 11) is 3.13. The van der Waals surface area contributed by atoms with Gasteiger partial charge in [0.05, 0.1) is 20.4 Å². The summed E-state index contributed by atoms with van der Waals surface area (Å²) in [5.74, 6) is 0.903. The molecule has 0 spiro atoms. The SMILES string of the molecule is COc1ccc(Cn2c(C(=O)O)cnc2C)cc1OC. The molecule has 106 valence electrons. The van der Waals surface area contributed by atoms with Gasteiger partial charge in [-0.2, -0.15) is 0 Å². The fraction of sp³-hybridized carbons (Fsp3) is 0.286. The summed E-state index contributed by atoms with van der Waals surface area (Å²) < 4.78 is 12.1. The molecule has 20 heavy (non-hydrogen) atoms. The third-order valence-corrected chi connectivity index (χ3v) is 3.06. The van der Waals surface area contributed by atoms with Crippen molar-refractivity contribution in [2.75, 3.05) is 14.2 Å². The van der Waals surface area contributed by atoms with E-state index < -0.39 is 5.97 Å². The van der Waals surface area contributed by atoms with Gasteiger partial charge in [0.25, 0.3) is 0 Å². The molecule has 6 nitrogen and oxygen atoms in total. The van der Waals surface area contributed by atoms with E-state index in [0.29, 0.717) is 23.9 Å². The molecule has 0 atom stereocenters. The highest BCUT2D eigenvalue weighted by Gasteiger charge is 2.14. The molecule has 2 rings (SSSR count). The second-order valence-corrected chi connectivity index (χ2v) is 4.27. The Morgan fingerprint density at radius 2 is 2.00 bits per heavy atom. The van der Waals surface area contributed by atoms with Gasteiger partial charge in [0.15, 0.2) is 11.5 Å². The first kappa shape index (κ1) is 13.9. The molecule has 1 aromatic carbocycles. The molecule has 1 aromatic heterocycles. The van der Waals surface area contributed by atoms with Gasteiger partial charge in [-0.15, -0.1) is 0 Å². The minimum atomic E-state index is -0.994. The van der Waals surface area contributed by atoms with Gasteiger partial charge in [0.1, 0.15) is 11.5 Å². The Morgan fingerprint density at radius 3 is 2.60 bits per heavy atom. The lowest BCUT2D eigenvalue weighted by Crippen LogP contribution is -2.11. The molecular formula is C14H16N2O4. The van der Waals surface area contributed by atoms with E-state index in [0.717, 1.165) is 5.56 Å². The number of ether oxygens (including phenoxy) is 2. The lowest BCUT2D eigenvalue weighted by Gasteiger charge is -2.11. The number of benzene rings is 1. The van der Waals surface area contributed by atoms with Crippen LogP contribution in [0.2, 0.25) is 0 Å². The second kappa shape index (κ2) is 5.64. The molecule has 0 bridgehead atoms. The van der Waals surface area contributed by atoms with Gasteiger partial charge in [0.2, 0.25) is 0 Å². The summed E-state index contributed by atoms with van der Waals surface area (Å²) in [5.41, 5.74) is 1.07. The fourth-order valence-corrected chi connectivity index (χ4v) is 2.00. The summed E-state index contributed by atoms with van der Waals surface area (Å²) in [6.45, 7) is 2.18. The monoisotopic (exact) mass is 276 g/mol. The number of methoxy groups -OCH3 is 2. The van der Waals surface area contributed by atoms with Crippen LogP contribution in [-0.2, 0) is 6.54 Å². The summed E-state index contributed by atoms with van der Waals surface area (Å²) in [5, 5.41) is 9.13. The first-order valence-electron chi connectivity index (χ1n) is 6.03. The number of imidazole rings is 1. The third-order valence-electron chi connectivity index (χ3n) is 3.06. The van der Waals surface area contributed by atoms with Crippen LogP contribution in [0.25, 0.3) is 0 Å². The number of aromatic nitrogens is 2. The van der Waals surface area contributed by atoms with Crippen LogP contribution in [-0.4, -0.2) is 34.8 Å². The molecule has 1 heterocycles. The van der Waals surface area contributed by atoms with E-state index in [1.165, 1.54) is 6.20 Å². The van der Waals surface area contributed by atoms with Crippen molar-refractivity contribution in [1.82, 2.24) is 9.55 Å². The maximum Gasteiger partial charge on any atom is 0.354 e. The van der Waals surface area contributed by atoms with Gasteiger partial charge in [-0.3, -0.25) is 0 Å². The van der Waals surface area contributed by atoms with Crippen molar-refractivity contribution in [2.45, 2.75) is 13.5 Å². The summed E-state index contributed by atoms with van der Waals surface area (Å²) in [4.78, 5) is 15.2. The van der Waals surface area contributed by atoms with Crippen LogP contribution in [0.1, 0.15) is 21.9 Å². The summed E-state index contributed by atoms with van der Waals surface area (Å²) in [6.07, 6.45) is 1.36. The van der Waals surface area contributed by atoms with Crippen molar-refractivity contribution >= 4 is 5.97 Å². The van der Waals surface area contributed by atoms with Crippen molar-refractivity contribution in [2.24, 2.45) is 0 Å². The molecule has 0 unspecified atom stereocenters. The van der Waals surface area contributed by atoms with Crippen LogP contribution in [0.15, 0.2) is 24.4 Å². The maximum atomic E-state index is 11.1. The molecule has 0 saturated heterocycles. The smallest absolute Gasteiger partial charge is 0.354 e. The molecule has 0 aliphatic heterocycles. The number of aromatic carboxylic acids is 1. The summed E-state index contributed by atoms with van der Waals surface area (Å²) in [6, 6.07) is 5.48. The van der Waals surface area contributed by atoms with Crippen molar-refractivity contribution in [3.63, 3.8) is 0 Å². The van der Waals surface area contributed by atoms with Gasteiger partial charge in [-0.1, -0.05) is 6.07 Å². The van der Waals surface area contributed by atoms with Crippen molar-refractivity contribution in [1.29, 1.82) is 0 Å². The van der Waals surface area contributed by atoms with E-state index in [1.54, 1.807) is 31.8 Å². The van der Waals surface area contributed by atoms with Crippen LogP contribution in [0.4, 0.5) is 0 Å². The molecule has 2 aromatic rings. The first-order valence-corrected chi connectivity index (χ1v) is 6.03. The average molecular weight is 276 g/mol. The minimum Gasteiger partial charge on any atom is -0.493 e. The van der Waals surface area contributed by atoms with E-state index >= 15 is 0 Å². The lowest BCUT2D eigenvalue weighted by molar-refractivity contribution is 0.0685. The fourth-order valence-electron chi connectivity index (χ4n) is 2.00. The van der Waals surface area contributed by atoms with E-state index in [4.69, 9.17) is 14.6 Å². The third kappa shape index (κ3) is 2.59. The predicted molar refractivity (Wildman–Crippen MR) is 72.6 cm³/mol. The topological polar surface area (TPSA) is 73.6 Å². The van der Waals surface area contributed by atoms with E-state index in [1.807, 2.05) is 12.1 Å². The normalized spacial score (nSPS) is 10.3. The van der Waals surface area contributed by atoms with Crippen LogP contribution in [0.5, 0.6) is 11.5 Å². The maximum absolute atomic E-state index is 11.1. The quantitative estimate of drug-likeness (QED) is 0.903. The van der Waals surface area contributed by atoms with Gasteiger partial charge < -0.3 is 19.1 Å². The van der Waals surface area contributed by atoms with Crippen LogP contribution >= 0.6 is 0 Å². The van der Waals surface area contributed by atoms with Crippen molar-refractivity contribution in [3.8, 4) is 11.5 Å². The number of hydrogen-bond donors (Lipinski definition) is 1. The second-order valence-electron chi connectivity index (χ2n) is 4.27. The number of hydrogen-bond acceptors (Lipinski definition) is 4. The predicted octanol–water partition coefficient (Wildman–Crippen LogP) is 1.96. The van der Waals surface area contributed by atoms with Crippen molar-refractivity contribution in [3.05, 3.63) is 41.5 Å². The van der Waals surface area contributed by atoms with Gasteiger partial charge in [-0.25, -0.2) is 9.78 Å². The largest absolute Gasteiger partial charge is 0.493 e.